The Hall–Kier alpha value is -1.93. The summed E-state index contributed by atoms with van der Waals surface area (Å²) in [4.78, 5) is 33.6. The summed E-state index contributed by atoms with van der Waals surface area (Å²) in [7, 11) is 2.78. The second kappa shape index (κ2) is 9.93. The molecule has 0 heterocycles. The van der Waals surface area contributed by atoms with Gasteiger partial charge < -0.3 is 24.4 Å². The Morgan fingerprint density at radius 1 is 0.850 bits per heavy atom. The van der Waals surface area contributed by atoms with Gasteiger partial charge in [-0.25, -0.2) is 9.59 Å². The molecule has 0 rings (SSSR count). The Morgan fingerprint density at radius 3 is 1.85 bits per heavy atom. The summed E-state index contributed by atoms with van der Waals surface area (Å²) in [6.07, 6.45) is -0.733. The van der Waals surface area contributed by atoms with E-state index in [0.29, 0.717) is 0 Å². The minimum Gasteiger partial charge on any atom is -0.478 e. The molecule has 0 aliphatic rings. The van der Waals surface area contributed by atoms with Crippen molar-refractivity contribution >= 4 is 17.9 Å². The number of hydrogen-bond acceptors (Lipinski definition) is 6. The zero-order valence-electron chi connectivity index (χ0n) is 11.4. The average Bonchev–Trinajstić information content (AvgIpc) is 2.37. The van der Waals surface area contributed by atoms with E-state index in [9.17, 15) is 14.4 Å². The van der Waals surface area contributed by atoms with E-state index in [-0.39, 0.29) is 31.8 Å². The lowest BCUT2D eigenvalue weighted by molar-refractivity contribution is -0.146. The molecule has 0 aromatic heterocycles. The first kappa shape index (κ1) is 18.1. The van der Waals surface area contributed by atoms with Gasteiger partial charge >= 0.3 is 17.9 Å². The zero-order chi connectivity index (χ0) is 15.5. The Bertz CT molecular complexity index is 385. The number of hydrogen-bond donors (Lipinski definition) is 2. The van der Waals surface area contributed by atoms with Crippen LogP contribution in [0.25, 0.3) is 0 Å². The molecule has 0 spiro atoms. The van der Waals surface area contributed by atoms with Crippen molar-refractivity contribution in [1.82, 2.24) is 0 Å². The van der Waals surface area contributed by atoms with Crippen LogP contribution in [-0.4, -0.2) is 62.2 Å². The smallest absolute Gasteiger partial charge is 0.332 e. The van der Waals surface area contributed by atoms with Gasteiger partial charge in [-0.3, -0.25) is 4.79 Å². The predicted molar refractivity (Wildman–Crippen MR) is 66.2 cm³/mol. The van der Waals surface area contributed by atoms with Crippen molar-refractivity contribution in [2.75, 3.05) is 34.0 Å². The number of methoxy groups -OCH3 is 2. The maximum Gasteiger partial charge on any atom is 0.332 e. The van der Waals surface area contributed by atoms with Crippen LogP contribution in [0.2, 0.25) is 0 Å². The van der Waals surface area contributed by atoms with Crippen LogP contribution < -0.4 is 0 Å². The molecule has 0 saturated heterocycles. The molecule has 0 aliphatic carbocycles. The van der Waals surface area contributed by atoms with Gasteiger partial charge in [0.25, 0.3) is 0 Å². The second-order valence-corrected chi connectivity index (χ2v) is 3.70. The van der Waals surface area contributed by atoms with Gasteiger partial charge in [-0.05, 0) is 0 Å². The maximum atomic E-state index is 11.4. The van der Waals surface area contributed by atoms with Crippen LogP contribution in [0.15, 0.2) is 11.1 Å². The van der Waals surface area contributed by atoms with Gasteiger partial charge in [-0.1, -0.05) is 0 Å². The van der Waals surface area contributed by atoms with Crippen molar-refractivity contribution in [3.05, 3.63) is 11.1 Å². The zero-order valence-corrected chi connectivity index (χ0v) is 11.4. The average molecular weight is 290 g/mol. The summed E-state index contributed by atoms with van der Waals surface area (Å²) in [6.45, 7) is 0.188. The van der Waals surface area contributed by atoms with Crippen LogP contribution in [0, 0.1) is 0 Å². The van der Waals surface area contributed by atoms with Crippen molar-refractivity contribution in [3.8, 4) is 0 Å². The molecule has 114 valence electrons. The summed E-state index contributed by atoms with van der Waals surface area (Å²) in [6, 6.07) is 0. The predicted octanol–water partition coefficient (Wildman–Crippen LogP) is 0.0684. The molecule has 0 aromatic rings. The molecular weight excluding hydrogens is 272 g/mol. The molecule has 8 heteroatoms. The highest BCUT2D eigenvalue weighted by atomic mass is 16.6. The lowest BCUT2D eigenvalue weighted by atomic mass is 10.0. The van der Waals surface area contributed by atoms with Crippen molar-refractivity contribution < 1.29 is 38.8 Å². The van der Waals surface area contributed by atoms with E-state index in [1.54, 1.807) is 0 Å². The highest BCUT2D eigenvalue weighted by molar-refractivity contribution is 6.01. The van der Waals surface area contributed by atoms with Gasteiger partial charge in [-0.15, -0.1) is 0 Å². The largest absolute Gasteiger partial charge is 0.478 e. The first-order chi connectivity index (χ1) is 9.43. The monoisotopic (exact) mass is 290 g/mol. The number of esters is 1. The van der Waals surface area contributed by atoms with Crippen molar-refractivity contribution in [2.24, 2.45) is 0 Å². The quantitative estimate of drug-likeness (QED) is 0.329. The highest BCUT2D eigenvalue weighted by Gasteiger charge is 2.23. The van der Waals surface area contributed by atoms with E-state index in [1.165, 1.54) is 14.2 Å². The first-order valence-corrected chi connectivity index (χ1v) is 5.76. The number of carboxylic acids is 2. The molecule has 0 saturated carbocycles. The third-order valence-corrected chi connectivity index (χ3v) is 2.31. The van der Waals surface area contributed by atoms with E-state index in [1.807, 2.05) is 0 Å². The summed E-state index contributed by atoms with van der Waals surface area (Å²) < 4.78 is 14.1. The molecular formula is C12H18O8. The topological polar surface area (TPSA) is 119 Å². The molecule has 0 unspecified atom stereocenters. The third-order valence-electron chi connectivity index (χ3n) is 2.31. The summed E-state index contributed by atoms with van der Waals surface area (Å²) in [5.74, 6) is -3.69. The highest BCUT2D eigenvalue weighted by Crippen LogP contribution is 2.15. The first-order valence-electron chi connectivity index (χ1n) is 5.76. The van der Waals surface area contributed by atoms with Gasteiger partial charge in [0.05, 0.1) is 30.8 Å². The molecule has 0 atom stereocenters. The molecule has 0 aromatic carbocycles. The minimum atomic E-state index is -1.47. The fourth-order valence-electron chi connectivity index (χ4n) is 1.34. The fraction of sp³-hybridized carbons (Fsp3) is 0.583. The van der Waals surface area contributed by atoms with Gasteiger partial charge in [-0.2, -0.15) is 0 Å². The van der Waals surface area contributed by atoms with E-state index in [2.05, 4.69) is 4.74 Å². The minimum absolute atomic E-state index is 0.0251. The molecule has 20 heavy (non-hydrogen) atoms. The molecule has 8 nitrogen and oxygen atoms in total. The summed E-state index contributed by atoms with van der Waals surface area (Å²) in [5.41, 5.74) is -0.875. The van der Waals surface area contributed by atoms with Crippen LogP contribution in [0.3, 0.4) is 0 Å². The second-order valence-electron chi connectivity index (χ2n) is 3.70. The van der Waals surface area contributed by atoms with Crippen molar-refractivity contribution in [1.29, 1.82) is 0 Å². The third kappa shape index (κ3) is 6.86. The summed E-state index contributed by atoms with van der Waals surface area (Å²) >= 11 is 0. The molecule has 2 N–H and O–H groups in total. The Morgan fingerprint density at radius 2 is 1.40 bits per heavy atom. The normalized spacial score (nSPS) is 11.7. The Kier molecular flexibility index (Phi) is 8.97. The van der Waals surface area contributed by atoms with Crippen LogP contribution in [0.5, 0.6) is 0 Å². The Labute approximate surface area is 115 Å². The van der Waals surface area contributed by atoms with Gasteiger partial charge in [0, 0.05) is 20.6 Å². The Balaban J connectivity index is 4.94. The number of carbonyl (C=O) groups excluding carboxylic acids is 1. The fourth-order valence-corrected chi connectivity index (χ4v) is 1.34. The lowest BCUT2D eigenvalue weighted by Gasteiger charge is -2.09. The molecule has 0 radical (unpaired) electrons. The number of carbonyl (C=O) groups is 3. The van der Waals surface area contributed by atoms with Crippen LogP contribution in [0.1, 0.15) is 12.8 Å². The van der Waals surface area contributed by atoms with Gasteiger partial charge in [0.1, 0.15) is 6.61 Å². The van der Waals surface area contributed by atoms with E-state index in [0.717, 1.165) is 0 Å². The van der Waals surface area contributed by atoms with Gasteiger partial charge in [0.15, 0.2) is 0 Å². The molecule has 0 amide bonds. The van der Waals surface area contributed by atoms with Crippen LogP contribution in [-0.2, 0) is 28.6 Å². The number of aliphatic carboxylic acids is 2. The molecule has 0 fully saturated rings. The van der Waals surface area contributed by atoms with Gasteiger partial charge in [0.2, 0.25) is 0 Å². The standard InChI is InChI=1S/C12H18O8/c1-18-4-3-8(11(14)15)9(12(16)17)7-10(13)20-6-5-19-2/h3-7H2,1-2H3,(H,14,15)(H,16,17). The number of rotatable bonds is 10. The van der Waals surface area contributed by atoms with E-state index >= 15 is 0 Å². The maximum absolute atomic E-state index is 11.4. The van der Waals surface area contributed by atoms with E-state index < -0.39 is 29.9 Å². The number of ether oxygens (including phenoxy) is 3. The van der Waals surface area contributed by atoms with Crippen molar-refractivity contribution in [3.63, 3.8) is 0 Å². The molecule has 0 bridgehead atoms. The summed E-state index contributed by atoms with van der Waals surface area (Å²) in [5, 5.41) is 18.0. The lowest BCUT2D eigenvalue weighted by Crippen LogP contribution is -2.18. The van der Waals surface area contributed by atoms with E-state index in [4.69, 9.17) is 19.7 Å². The SMILES string of the molecule is COCCOC(=O)CC(C(=O)O)=C(CCOC)C(=O)O. The molecule has 0 aliphatic heterocycles. The van der Waals surface area contributed by atoms with Crippen LogP contribution >= 0.6 is 0 Å². The number of carboxylic acid groups (broad SMARTS) is 2. The van der Waals surface area contributed by atoms with Crippen molar-refractivity contribution in [2.45, 2.75) is 12.8 Å². The van der Waals surface area contributed by atoms with Crippen LogP contribution in [0.4, 0.5) is 0 Å².